The Morgan fingerprint density at radius 2 is 2.12 bits per heavy atom. The van der Waals surface area contributed by atoms with Gasteiger partial charge in [0.15, 0.2) is 0 Å². The van der Waals surface area contributed by atoms with Crippen LogP contribution in [0, 0.1) is 5.92 Å². The topological polar surface area (TPSA) is 69.6 Å². The number of phenols is 1. The summed E-state index contributed by atoms with van der Waals surface area (Å²) < 4.78 is 37.3. The molecule has 1 aromatic carbocycles. The second-order valence-corrected chi connectivity index (χ2v) is 6.24. The molecule has 5 nitrogen and oxygen atoms in total. The summed E-state index contributed by atoms with van der Waals surface area (Å²) in [6.45, 7) is -1.54. The number of aromatic hydroxyl groups is 1. The van der Waals surface area contributed by atoms with Crippen molar-refractivity contribution in [2.45, 2.75) is 31.5 Å². The van der Waals surface area contributed by atoms with Crippen molar-refractivity contribution in [2.24, 2.45) is 5.92 Å². The largest absolute Gasteiger partial charge is 0.508 e. The van der Waals surface area contributed by atoms with Crippen molar-refractivity contribution >= 4 is 11.8 Å². The second-order valence-electron chi connectivity index (χ2n) is 6.24. The predicted octanol–water partition coefficient (Wildman–Crippen LogP) is 1.91. The van der Waals surface area contributed by atoms with Gasteiger partial charge in [-0.25, -0.2) is 0 Å². The zero-order chi connectivity index (χ0) is 17.5. The summed E-state index contributed by atoms with van der Waals surface area (Å²) in [5.41, 5.74) is 1.60. The highest BCUT2D eigenvalue weighted by Crippen LogP contribution is 2.36. The second kappa shape index (κ2) is 5.99. The lowest BCUT2D eigenvalue weighted by Crippen LogP contribution is -2.37. The summed E-state index contributed by atoms with van der Waals surface area (Å²) in [4.78, 5) is 24.7. The molecule has 0 unspecified atom stereocenters. The van der Waals surface area contributed by atoms with E-state index in [1.54, 1.807) is 12.1 Å². The number of benzene rings is 1. The quantitative estimate of drug-likeness (QED) is 0.882. The van der Waals surface area contributed by atoms with E-state index in [0.717, 1.165) is 11.1 Å². The highest BCUT2D eigenvalue weighted by molar-refractivity contribution is 5.89. The summed E-state index contributed by atoms with van der Waals surface area (Å²) in [5, 5.41) is 12.6. The number of nitrogens with zero attached hydrogens (tertiary/aromatic N) is 1. The molecule has 0 radical (unpaired) electrons. The van der Waals surface area contributed by atoms with E-state index in [4.69, 9.17) is 0 Å². The van der Waals surface area contributed by atoms with Gasteiger partial charge >= 0.3 is 6.18 Å². The number of phenolic OH excluding ortho intramolecular Hbond substituents is 1. The number of likely N-dealkylation sites (tertiary alicyclic amines) is 1. The molecule has 2 amide bonds. The van der Waals surface area contributed by atoms with Crippen LogP contribution in [0.2, 0.25) is 0 Å². The molecule has 3 rings (SSSR count). The van der Waals surface area contributed by atoms with Gasteiger partial charge < -0.3 is 15.3 Å². The fourth-order valence-corrected chi connectivity index (χ4v) is 3.39. The van der Waals surface area contributed by atoms with E-state index >= 15 is 0 Å². The zero-order valence-corrected chi connectivity index (χ0v) is 12.8. The summed E-state index contributed by atoms with van der Waals surface area (Å²) in [6, 6.07) is 4.78. The molecule has 0 aromatic heterocycles. The summed E-state index contributed by atoms with van der Waals surface area (Å²) in [6.07, 6.45) is -3.44. The maximum absolute atomic E-state index is 12.4. The maximum atomic E-state index is 12.4. The van der Waals surface area contributed by atoms with Crippen LogP contribution >= 0.6 is 0 Å². The third-order valence-electron chi connectivity index (χ3n) is 4.52. The molecular weight excluding hydrogens is 325 g/mol. The van der Waals surface area contributed by atoms with Crippen LogP contribution in [0.15, 0.2) is 18.2 Å². The summed E-state index contributed by atoms with van der Waals surface area (Å²) in [7, 11) is 0. The highest BCUT2D eigenvalue weighted by Gasteiger charge is 2.41. The number of hydrogen-bond donors (Lipinski definition) is 2. The highest BCUT2D eigenvalue weighted by atomic mass is 19.4. The van der Waals surface area contributed by atoms with E-state index in [0.29, 0.717) is 17.7 Å². The average molecular weight is 342 g/mol. The van der Waals surface area contributed by atoms with Crippen LogP contribution in [-0.4, -0.2) is 41.1 Å². The number of fused-ring (bicyclic) bond motifs is 1. The third-order valence-corrected chi connectivity index (χ3v) is 4.52. The van der Waals surface area contributed by atoms with E-state index in [-0.39, 0.29) is 24.8 Å². The van der Waals surface area contributed by atoms with Crippen LogP contribution in [0.5, 0.6) is 5.75 Å². The van der Waals surface area contributed by atoms with Gasteiger partial charge in [0.25, 0.3) is 0 Å². The SMILES string of the molecule is O=C(N[C@H]1CCc2c(O)cccc21)[C@@H]1CC(=O)N(CC(F)(F)F)C1. The van der Waals surface area contributed by atoms with Gasteiger partial charge in [0.1, 0.15) is 12.3 Å². The van der Waals surface area contributed by atoms with Crippen molar-refractivity contribution in [3.05, 3.63) is 29.3 Å². The molecule has 1 heterocycles. The molecule has 1 aliphatic carbocycles. The van der Waals surface area contributed by atoms with E-state index in [1.807, 2.05) is 6.07 Å². The molecule has 2 N–H and O–H groups in total. The molecule has 130 valence electrons. The smallest absolute Gasteiger partial charge is 0.406 e. The molecule has 0 bridgehead atoms. The molecule has 1 fully saturated rings. The Labute approximate surface area is 136 Å². The van der Waals surface area contributed by atoms with Crippen LogP contribution in [0.1, 0.15) is 30.0 Å². The molecule has 2 aliphatic rings. The van der Waals surface area contributed by atoms with E-state index < -0.39 is 30.5 Å². The molecular formula is C16H17F3N2O3. The normalized spacial score (nSPS) is 23.5. The summed E-state index contributed by atoms with van der Waals surface area (Å²) >= 11 is 0. The molecule has 2 atom stereocenters. The van der Waals surface area contributed by atoms with E-state index in [2.05, 4.69) is 5.32 Å². The molecule has 8 heteroatoms. The van der Waals surface area contributed by atoms with Crippen LogP contribution in [0.3, 0.4) is 0 Å². The molecule has 0 spiro atoms. The van der Waals surface area contributed by atoms with Crippen molar-refractivity contribution in [2.75, 3.05) is 13.1 Å². The first-order chi connectivity index (χ1) is 11.2. The van der Waals surface area contributed by atoms with Gasteiger partial charge in [0, 0.05) is 13.0 Å². The lowest BCUT2D eigenvalue weighted by Gasteiger charge is -2.19. The standard InChI is InChI=1S/C16H17F3N2O3/c17-16(18,19)8-21-7-9(6-14(21)23)15(24)20-12-5-4-11-10(12)2-1-3-13(11)22/h1-3,9,12,22H,4-8H2,(H,20,24)/t9-,12+/m1/s1. The van der Waals surface area contributed by atoms with Crippen molar-refractivity contribution in [1.82, 2.24) is 10.2 Å². The number of carbonyl (C=O) groups is 2. The lowest BCUT2D eigenvalue weighted by molar-refractivity contribution is -0.157. The number of carbonyl (C=O) groups excluding carboxylic acids is 2. The first-order valence-corrected chi connectivity index (χ1v) is 7.70. The number of rotatable bonds is 3. The first-order valence-electron chi connectivity index (χ1n) is 7.70. The minimum atomic E-state index is -4.47. The minimum Gasteiger partial charge on any atom is -0.508 e. The van der Waals surface area contributed by atoms with E-state index in [1.165, 1.54) is 0 Å². The van der Waals surface area contributed by atoms with Crippen molar-refractivity contribution in [3.8, 4) is 5.75 Å². The van der Waals surface area contributed by atoms with Gasteiger partial charge in [-0.15, -0.1) is 0 Å². The van der Waals surface area contributed by atoms with Gasteiger partial charge in [-0.2, -0.15) is 13.2 Å². The fraction of sp³-hybridized carbons (Fsp3) is 0.500. The van der Waals surface area contributed by atoms with Gasteiger partial charge in [-0.3, -0.25) is 9.59 Å². The molecule has 1 aromatic rings. The number of amides is 2. The zero-order valence-electron chi connectivity index (χ0n) is 12.8. The Bertz CT molecular complexity index is 675. The predicted molar refractivity (Wildman–Crippen MR) is 78.1 cm³/mol. The van der Waals surface area contributed by atoms with Crippen LogP contribution in [0.25, 0.3) is 0 Å². The molecule has 1 saturated heterocycles. The number of alkyl halides is 3. The Morgan fingerprint density at radius 1 is 1.38 bits per heavy atom. The van der Waals surface area contributed by atoms with Gasteiger partial charge in [0.05, 0.1) is 12.0 Å². The van der Waals surface area contributed by atoms with Gasteiger partial charge in [-0.05, 0) is 30.0 Å². The molecule has 24 heavy (non-hydrogen) atoms. The van der Waals surface area contributed by atoms with Gasteiger partial charge in [-0.1, -0.05) is 12.1 Å². The van der Waals surface area contributed by atoms with Crippen molar-refractivity contribution in [3.63, 3.8) is 0 Å². The lowest BCUT2D eigenvalue weighted by atomic mass is 10.0. The first kappa shape index (κ1) is 16.6. The Balaban J connectivity index is 1.63. The molecule has 0 saturated carbocycles. The number of halogens is 3. The Kier molecular flexibility index (Phi) is 4.15. The van der Waals surface area contributed by atoms with Crippen molar-refractivity contribution < 1.29 is 27.9 Å². The number of hydrogen-bond acceptors (Lipinski definition) is 3. The molecule has 1 aliphatic heterocycles. The Morgan fingerprint density at radius 3 is 2.83 bits per heavy atom. The monoisotopic (exact) mass is 342 g/mol. The summed E-state index contributed by atoms with van der Waals surface area (Å²) in [5.74, 6) is -1.68. The third kappa shape index (κ3) is 3.32. The van der Waals surface area contributed by atoms with Crippen molar-refractivity contribution in [1.29, 1.82) is 0 Å². The maximum Gasteiger partial charge on any atom is 0.406 e. The van der Waals surface area contributed by atoms with Crippen LogP contribution in [-0.2, 0) is 16.0 Å². The van der Waals surface area contributed by atoms with Crippen LogP contribution in [0.4, 0.5) is 13.2 Å². The van der Waals surface area contributed by atoms with Gasteiger partial charge in [0.2, 0.25) is 11.8 Å². The average Bonchev–Trinajstić information content (AvgIpc) is 3.03. The number of nitrogens with one attached hydrogen (secondary N) is 1. The minimum absolute atomic E-state index is 0.177. The Hall–Kier alpha value is -2.25. The fourth-order valence-electron chi connectivity index (χ4n) is 3.39. The van der Waals surface area contributed by atoms with E-state index in [9.17, 15) is 27.9 Å². The van der Waals surface area contributed by atoms with Crippen LogP contribution < -0.4 is 5.32 Å².